The Morgan fingerprint density at radius 2 is 2.31 bits per heavy atom. The molecule has 6 heteroatoms. The molecule has 1 N–H and O–H groups in total. The van der Waals surface area contributed by atoms with Gasteiger partial charge in [-0.05, 0) is 6.92 Å². The summed E-state index contributed by atoms with van der Waals surface area (Å²) in [5, 5.41) is 0.167. The Kier molecular flexibility index (Phi) is 2.67. The van der Waals surface area contributed by atoms with E-state index >= 15 is 0 Å². The number of halogens is 1. The number of carbonyl (C=O) groups is 1. The lowest BCUT2D eigenvalue weighted by atomic mass is 10.3. The van der Waals surface area contributed by atoms with Crippen molar-refractivity contribution in [1.29, 1.82) is 0 Å². The maximum atomic E-state index is 11.2. The molecule has 13 heavy (non-hydrogen) atoms. The molecule has 70 valence electrons. The first kappa shape index (κ1) is 9.73. The van der Waals surface area contributed by atoms with E-state index in [1.807, 2.05) is 0 Å². The third-order valence-electron chi connectivity index (χ3n) is 1.49. The molecular formula is C7H8ClN2O3+. The molecule has 0 aliphatic carbocycles. The standard InChI is InChI=1S/C7H7ClN2O3/c1-4-6(7(11)13-2)10(12)3-5(8)9-4/h3H,1-2H3/p+1. The Labute approximate surface area is 78.9 Å². The van der Waals surface area contributed by atoms with E-state index < -0.39 is 5.97 Å². The summed E-state index contributed by atoms with van der Waals surface area (Å²) in [7, 11) is 1.20. The predicted octanol–water partition coefficient (Wildman–Crippen LogP) is 0.678. The van der Waals surface area contributed by atoms with Gasteiger partial charge in [-0.1, -0.05) is 11.6 Å². The second kappa shape index (κ2) is 3.57. The van der Waals surface area contributed by atoms with Crippen LogP contribution in [-0.2, 0) is 4.74 Å². The fourth-order valence-corrected chi connectivity index (χ4v) is 1.17. The molecule has 0 radical (unpaired) electrons. The molecule has 0 saturated carbocycles. The summed E-state index contributed by atoms with van der Waals surface area (Å²) in [6, 6.07) is 0. The van der Waals surface area contributed by atoms with Gasteiger partial charge >= 0.3 is 11.7 Å². The van der Waals surface area contributed by atoms with Gasteiger partial charge in [0, 0.05) is 4.91 Å². The van der Waals surface area contributed by atoms with Crippen molar-refractivity contribution in [3.8, 4) is 0 Å². The van der Waals surface area contributed by atoms with Crippen LogP contribution in [0.1, 0.15) is 16.2 Å². The molecule has 0 fully saturated rings. The van der Waals surface area contributed by atoms with Crippen LogP contribution in [-0.4, -0.2) is 18.1 Å². The highest BCUT2D eigenvalue weighted by molar-refractivity contribution is 6.29. The Morgan fingerprint density at radius 3 is 2.77 bits per heavy atom. The number of aryl methyl sites for hydroxylation is 1. The monoisotopic (exact) mass is 203 g/mol. The molecular weight excluding hydrogens is 196 g/mol. The van der Waals surface area contributed by atoms with E-state index in [0.717, 1.165) is 6.20 Å². The summed E-state index contributed by atoms with van der Waals surface area (Å²) < 4.78 is 4.79. The van der Waals surface area contributed by atoms with Gasteiger partial charge in [-0.2, -0.15) is 0 Å². The Balaban J connectivity index is 3.38. The van der Waals surface area contributed by atoms with Crippen molar-refractivity contribution in [2.45, 2.75) is 6.92 Å². The van der Waals surface area contributed by atoms with Gasteiger partial charge in [-0.25, -0.2) is 4.79 Å². The molecule has 5 nitrogen and oxygen atoms in total. The molecule has 0 unspecified atom stereocenters. The van der Waals surface area contributed by atoms with Crippen molar-refractivity contribution in [1.82, 2.24) is 4.98 Å². The molecule has 0 aromatic carbocycles. The number of methoxy groups -OCH3 is 1. The van der Waals surface area contributed by atoms with E-state index in [1.165, 1.54) is 7.11 Å². The van der Waals surface area contributed by atoms with Crippen LogP contribution in [0.15, 0.2) is 6.20 Å². The smallest absolute Gasteiger partial charge is 0.410 e. The van der Waals surface area contributed by atoms with E-state index in [4.69, 9.17) is 11.6 Å². The van der Waals surface area contributed by atoms with Gasteiger partial charge in [-0.3, -0.25) is 0 Å². The van der Waals surface area contributed by atoms with E-state index in [2.05, 4.69) is 9.72 Å². The number of hydrogen-bond donors (Lipinski definition) is 1. The molecule has 1 aromatic rings. The zero-order valence-corrected chi connectivity index (χ0v) is 7.88. The van der Waals surface area contributed by atoms with Crippen LogP contribution in [0.25, 0.3) is 0 Å². The third kappa shape index (κ3) is 1.86. The number of nitrogens with zero attached hydrogens (tertiary/aromatic N) is 1. The van der Waals surface area contributed by atoms with Crippen LogP contribution in [0.4, 0.5) is 0 Å². The van der Waals surface area contributed by atoms with E-state index in [9.17, 15) is 9.70 Å². The zero-order chi connectivity index (χ0) is 10.0. The minimum atomic E-state index is -0.694. The minimum absolute atomic E-state index is 0.0908. The summed E-state index contributed by atoms with van der Waals surface area (Å²) in [6.45, 7) is 1.56. The fourth-order valence-electron chi connectivity index (χ4n) is 0.943. The van der Waals surface area contributed by atoms with Gasteiger partial charge < -0.3 is 9.72 Å². The predicted molar refractivity (Wildman–Crippen MR) is 45.2 cm³/mol. The number of aromatic amines is 1. The van der Waals surface area contributed by atoms with Crippen molar-refractivity contribution >= 4 is 17.6 Å². The van der Waals surface area contributed by atoms with E-state index in [-0.39, 0.29) is 10.8 Å². The lowest BCUT2D eigenvalue weighted by Gasteiger charge is -1.95. The molecule has 0 saturated heterocycles. The quantitative estimate of drug-likeness (QED) is 0.539. The highest BCUT2D eigenvalue weighted by Crippen LogP contribution is 2.05. The average molecular weight is 204 g/mol. The van der Waals surface area contributed by atoms with Gasteiger partial charge in [0.05, 0.1) is 17.2 Å². The third-order valence-corrected chi connectivity index (χ3v) is 1.68. The number of carbonyl (C=O) groups excluding carboxylic acids is 1. The Hall–Kier alpha value is -1.36. The second-order valence-corrected chi connectivity index (χ2v) is 2.80. The molecule has 0 aliphatic heterocycles. The number of nitrogens with one attached hydrogen (secondary N) is 1. The topological polar surface area (TPSA) is 65.1 Å². The van der Waals surface area contributed by atoms with Gasteiger partial charge in [0.2, 0.25) is 0 Å². The second-order valence-electron chi connectivity index (χ2n) is 2.39. The number of aromatic nitrogens is 2. The number of esters is 1. The molecule has 0 spiro atoms. The van der Waals surface area contributed by atoms with Gasteiger partial charge in [-0.15, -0.1) is 0 Å². The molecule has 0 bridgehead atoms. The lowest BCUT2D eigenvalue weighted by Crippen LogP contribution is -2.28. The molecule has 1 heterocycles. The van der Waals surface area contributed by atoms with Gasteiger partial charge in [0.25, 0.3) is 6.20 Å². The molecule has 1 aromatic heterocycles. The zero-order valence-electron chi connectivity index (χ0n) is 7.13. The first-order valence-corrected chi connectivity index (χ1v) is 3.84. The lowest BCUT2D eigenvalue weighted by molar-refractivity contribution is -0.499. The highest BCUT2D eigenvalue weighted by atomic mass is 35.5. The van der Waals surface area contributed by atoms with Crippen molar-refractivity contribution in [2.75, 3.05) is 7.11 Å². The van der Waals surface area contributed by atoms with Crippen molar-refractivity contribution in [3.63, 3.8) is 0 Å². The number of hydrogen-bond acceptors (Lipinski definition) is 3. The summed E-state index contributed by atoms with van der Waals surface area (Å²) in [4.78, 5) is 24.9. The molecule has 0 atom stereocenters. The van der Waals surface area contributed by atoms with Crippen LogP contribution in [0.3, 0.4) is 0 Å². The van der Waals surface area contributed by atoms with E-state index in [0.29, 0.717) is 10.1 Å². The Bertz CT molecular complexity index is 399. The summed E-state index contributed by atoms with van der Waals surface area (Å²) >= 11 is 5.54. The number of H-pyrrole nitrogens is 1. The molecule has 1 rings (SSSR count). The van der Waals surface area contributed by atoms with Crippen LogP contribution in [0.2, 0.25) is 5.15 Å². The van der Waals surface area contributed by atoms with Crippen LogP contribution >= 0.6 is 11.6 Å². The molecule has 0 amide bonds. The summed E-state index contributed by atoms with van der Waals surface area (Å²) in [6.07, 6.45) is 1.06. The minimum Gasteiger partial charge on any atom is -0.461 e. The van der Waals surface area contributed by atoms with Crippen LogP contribution in [0.5, 0.6) is 0 Å². The SMILES string of the molecule is COC(=O)c1c(C)[nH]c(Cl)c[n+]1=O. The maximum Gasteiger partial charge on any atom is 0.410 e. The van der Waals surface area contributed by atoms with Gasteiger partial charge in [0.1, 0.15) is 0 Å². The Morgan fingerprint density at radius 1 is 1.69 bits per heavy atom. The summed E-state index contributed by atoms with van der Waals surface area (Å²) in [5.41, 5.74) is 0.279. The summed E-state index contributed by atoms with van der Waals surface area (Å²) in [5.74, 6) is -0.694. The highest BCUT2D eigenvalue weighted by Gasteiger charge is 2.24. The number of rotatable bonds is 1. The maximum absolute atomic E-state index is 11.2. The largest absolute Gasteiger partial charge is 0.461 e. The van der Waals surface area contributed by atoms with Crippen molar-refractivity contribution in [3.05, 3.63) is 27.6 Å². The fraction of sp³-hybridized carbons (Fsp3) is 0.286. The van der Waals surface area contributed by atoms with Crippen molar-refractivity contribution in [2.24, 2.45) is 0 Å². The van der Waals surface area contributed by atoms with Crippen LogP contribution in [0, 0.1) is 11.8 Å². The van der Waals surface area contributed by atoms with Crippen LogP contribution < -0.4 is 4.43 Å². The first-order valence-electron chi connectivity index (χ1n) is 3.46. The molecule has 0 aliphatic rings. The van der Waals surface area contributed by atoms with Gasteiger partial charge in [0.15, 0.2) is 5.15 Å². The normalized spacial score (nSPS) is 9.77. The number of ether oxygens (including phenoxy) is 1. The first-order chi connectivity index (χ1) is 6.06. The van der Waals surface area contributed by atoms with E-state index in [1.54, 1.807) is 6.92 Å². The average Bonchev–Trinajstić information content (AvgIpc) is 2.02. The van der Waals surface area contributed by atoms with Crippen molar-refractivity contribution < 1.29 is 14.0 Å².